The molecule has 126 valence electrons. The molecule has 0 bridgehead atoms. The van der Waals surface area contributed by atoms with Crippen molar-refractivity contribution in [1.29, 1.82) is 0 Å². The van der Waals surface area contributed by atoms with Crippen LogP contribution in [0.5, 0.6) is 0 Å². The zero-order valence-electron chi connectivity index (χ0n) is 14.6. The number of nitrogens with one attached hydrogen (secondary N) is 2. The number of aryl methyl sites for hydroxylation is 3. The molecule has 2 aromatic rings. The summed E-state index contributed by atoms with van der Waals surface area (Å²) >= 11 is 0. The fraction of sp³-hybridized carbons (Fsp3) is 0.474. The van der Waals surface area contributed by atoms with E-state index < -0.39 is 0 Å². The topological polar surface area (TPSA) is 53.1 Å². The summed E-state index contributed by atoms with van der Waals surface area (Å²) in [6.45, 7) is 10.6. The quantitative estimate of drug-likeness (QED) is 0.910. The molecule has 0 unspecified atom stereocenters. The molecule has 2 aliphatic heterocycles. The fourth-order valence-electron chi connectivity index (χ4n) is 3.87. The highest BCUT2D eigenvalue weighted by Crippen LogP contribution is 2.30. The van der Waals surface area contributed by atoms with E-state index in [-0.39, 0.29) is 0 Å². The molecule has 5 heteroatoms. The second kappa shape index (κ2) is 6.06. The van der Waals surface area contributed by atoms with E-state index >= 15 is 0 Å². The third kappa shape index (κ3) is 2.96. The molecule has 2 atom stereocenters. The Hall–Kier alpha value is -2.14. The number of fused-ring (bicyclic) bond motifs is 1. The summed E-state index contributed by atoms with van der Waals surface area (Å²) in [6.07, 6.45) is 0. The Morgan fingerprint density at radius 2 is 1.79 bits per heavy atom. The lowest BCUT2D eigenvalue weighted by Crippen LogP contribution is -2.27. The van der Waals surface area contributed by atoms with Gasteiger partial charge in [-0.2, -0.15) is 4.98 Å². The van der Waals surface area contributed by atoms with Crippen LogP contribution < -0.4 is 15.5 Å². The van der Waals surface area contributed by atoms with Gasteiger partial charge in [0.1, 0.15) is 5.82 Å². The van der Waals surface area contributed by atoms with Gasteiger partial charge in [0.05, 0.1) is 0 Å². The lowest BCUT2D eigenvalue weighted by molar-refractivity contribution is 0.533. The molecule has 0 amide bonds. The van der Waals surface area contributed by atoms with Crippen molar-refractivity contribution in [3.63, 3.8) is 0 Å². The van der Waals surface area contributed by atoms with Gasteiger partial charge in [-0.3, -0.25) is 0 Å². The Kier molecular flexibility index (Phi) is 3.88. The molecule has 2 aliphatic rings. The first-order valence-electron chi connectivity index (χ1n) is 8.74. The van der Waals surface area contributed by atoms with Crippen LogP contribution in [0, 0.1) is 32.6 Å². The first-order valence-corrected chi connectivity index (χ1v) is 8.74. The van der Waals surface area contributed by atoms with E-state index in [1.807, 2.05) is 13.0 Å². The molecule has 0 spiro atoms. The molecule has 0 aliphatic carbocycles. The van der Waals surface area contributed by atoms with Gasteiger partial charge >= 0.3 is 0 Å². The van der Waals surface area contributed by atoms with Crippen LogP contribution in [0.3, 0.4) is 0 Å². The van der Waals surface area contributed by atoms with E-state index in [0.717, 1.165) is 61.2 Å². The average Bonchev–Trinajstić information content (AvgIpc) is 3.11. The van der Waals surface area contributed by atoms with E-state index in [4.69, 9.17) is 4.98 Å². The van der Waals surface area contributed by atoms with E-state index in [2.05, 4.69) is 52.6 Å². The number of hydrogen-bond donors (Lipinski definition) is 2. The van der Waals surface area contributed by atoms with Crippen molar-refractivity contribution in [2.75, 3.05) is 36.4 Å². The summed E-state index contributed by atoms with van der Waals surface area (Å²) in [7, 11) is 0. The van der Waals surface area contributed by atoms with E-state index in [0.29, 0.717) is 0 Å². The standard InChI is InChI=1S/C19H25N5/c1-12-4-5-17(13(2)6-12)22-18-7-14(3)21-19(23-18)24-10-15-8-20-9-16(15)11-24/h4-7,15-16,20H,8-11H2,1-3H3,(H,21,22,23)/t15-,16+. The minimum absolute atomic E-state index is 0.741. The molecule has 1 aromatic heterocycles. The van der Waals surface area contributed by atoms with Crippen LogP contribution in [0.15, 0.2) is 24.3 Å². The third-order valence-corrected chi connectivity index (χ3v) is 5.16. The van der Waals surface area contributed by atoms with Gasteiger partial charge in [-0.05, 0) is 44.2 Å². The monoisotopic (exact) mass is 323 g/mol. The molecule has 24 heavy (non-hydrogen) atoms. The number of aromatic nitrogens is 2. The van der Waals surface area contributed by atoms with Gasteiger partial charge in [0.2, 0.25) is 5.95 Å². The van der Waals surface area contributed by atoms with Crippen LogP contribution in [0.25, 0.3) is 0 Å². The van der Waals surface area contributed by atoms with Crippen molar-refractivity contribution < 1.29 is 0 Å². The summed E-state index contributed by atoms with van der Waals surface area (Å²) in [5.41, 5.74) is 4.61. The lowest BCUT2D eigenvalue weighted by Gasteiger charge is -2.19. The third-order valence-electron chi connectivity index (χ3n) is 5.16. The number of hydrogen-bond acceptors (Lipinski definition) is 5. The first kappa shape index (κ1) is 15.4. The minimum Gasteiger partial charge on any atom is -0.340 e. The zero-order chi connectivity index (χ0) is 16.7. The van der Waals surface area contributed by atoms with Crippen LogP contribution in [0.4, 0.5) is 17.5 Å². The van der Waals surface area contributed by atoms with E-state index in [9.17, 15) is 0 Å². The summed E-state index contributed by atoms with van der Waals surface area (Å²) in [5, 5.41) is 6.95. The Morgan fingerprint density at radius 1 is 1.04 bits per heavy atom. The first-order chi connectivity index (χ1) is 11.6. The molecule has 2 N–H and O–H groups in total. The molecule has 0 saturated carbocycles. The largest absolute Gasteiger partial charge is 0.340 e. The van der Waals surface area contributed by atoms with Crippen LogP contribution in [0.2, 0.25) is 0 Å². The van der Waals surface area contributed by atoms with Crippen molar-refractivity contribution in [2.45, 2.75) is 20.8 Å². The molecule has 1 aromatic carbocycles. The van der Waals surface area contributed by atoms with Gasteiger partial charge in [0, 0.05) is 43.6 Å². The molecule has 0 radical (unpaired) electrons. The van der Waals surface area contributed by atoms with Crippen LogP contribution >= 0.6 is 0 Å². The molecule has 2 saturated heterocycles. The Balaban J connectivity index is 1.57. The number of rotatable bonds is 3. The Labute approximate surface area is 143 Å². The van der Waals surface area contributed by atoms with Crippen molar-refractivity contribution in [2.24, 2.45) is 11.8 Å². The molecule has 3 heterocycles. The van der Waals surface area contributed by atoms with Gasteiger partial charge in [0.15, 0.2) is 0 Å². The maximum atomic E-state index is 4.78. The molecule has 5 nitrogen and oxygen atoms in total. The highest BCUT2D eigenvalue weighted by atomic mass is 15.3. The van der Waals surface area contributed by atoms with Gasteiger partial charge < -0.3 is 15.5 Å². The van der Waals surface area contributed by atoms with Crippen molar-refractivity contribution in [3.05, 3.63) is 41.1 Å². The summed E-state index contributed by atoms with van der Waals surface area (Å²) in [6, 6.07) is 8.44. The number of nitrogens with zero attached hydrogens (tertiary/aromatic N) is 3. The molecular weight excluding hydrogens is 298 g/mol. The smallest absolute Gasteiger partial charge is 0.227 e. The maximum absolute atomic E-state index is 4.78. The minimum atomic E-state index is 0.741. The highest BCUT2D eigenvalue weighted by molar-refractivity contribution is 5.62. The second-order valence-corrected chi connectivity index (χ2v) is 7.22. The Bertz CT molecular complexity index is 745. The molecular formula is C19H25N5. The number of anilines is 3. The molecule has 2 fully saturated rings. The van der Waals surface area contributed by atoms with Crippen molar-refractivity contribution in [3.8, 4) is 0 Å². The maximum Gasteiger partial charge on any atom is 0.227 e. The summed E-state index contributed by atoms with van der Waals surface area (Å²) < 4.78 is 0. The Morgan fingerprint density at radius 3 is 2.50 bits per heavy atom. The van der Waals surface area contributed by atoms with Gasteiger partial charge in [-0.15, -0.1) is 0 Å². The van der Waals surface area contributed by atoms with Crippen LogP contribution in [-0.4, -0.2) is 36.1 Å². The number of benzene rings is 1. The van der Waals surface area contributed by atoms with Gasteiger partial charge in [-0.25, -0.2) is 4.98 Å². The summed E-state index contributed by atoms with van der Waals surface area (Å²) in [5.74, 6) is 3.21. The van der Waals surface area contributed by atoms with Crippen molar-refractivity contribution >= 4 is 17.5 Å². The van der Waals surface area contributed by atoms with Gasteiger partial charge in [-0.1, -0.05) is 17.7 Å². The van der Waals surface area contributed by atoms with Crippen molar-refractivity contribution in [1.82, 2.24) is 15.3 Å². The molecule has 4 rings (SSSR count). The van der Waals surface area contributed by atoms with E-state index in [1.54, 1.807) is 0 Å². The van der Waals surface area contributed by atoms with Crippen LogP contribution in [-0.2, 0) is 0 Å². The normalized spacial score (nSPS) is 22.7. The average molecular weight is 323 g/mol. The second-order valence-electron chi connectivity index (χ2n) is 7.22. The predicted octanol–water partition coefficient (Wildman–Crippen LogP) is 2.80. The van der Waals surface area contributed by atoms with Crippen LogP contribution in [0.1, 0.15) is 16.8 Å². The fourth-order valence-corrected chi connectivity index (χ4v) is 3.87. The van der Waals surface area contributed by atoms with E-state index in [1.165, 1.54) is 11.1 Å². The zero-order valence-corrected chi connectivity index (χ0v) is 14.6. The summed E-state index contributed by atoms with van der Waals surface area (Å²) in [4.78, 5) is 11.8. The highest BCUT2D eigenvalue weighted by Gasteiger charge is 2.37. The SMILES string of the molecule is Cc1ccc(Nc2cc(C)nc(N3C[C@H]4CNC[C@H]4C3)n2)c(C)c1. The predicted molar refractivity (Wildman–Crippen MR) is 98.0 cm³/mol. The lowest BCUT2D eigenvalue weighted by atomic mass is 10.0. The van der Waals surface area contributed by atoms with Gasteiger partial charge in [0.25, 0.3) is 0 Å².